The van der Waals surface area contributed by atoms with E-state index in [1.165, 1.54) is 29.3 Å². The van der Waals surface area contributed by atoms with Gasteiger partial charge in [-0.3, -0.25) is 9.69 Å². The molecule has 0 saturated heterocycles. The van der Waals surface area contributed by atoms with Crippen LogP contribution in [0.5, 0.6) is 0 Å². The van der Waals surface area contributed by atoms with Gasteiger partial charge in [0.05, 0.1) is 15.5 Å². The van der Waals surface area contributed by atoms with Crippen molar-refractivity contribution in [2.75, 3.05) is 0 Å². The van der Waals surface area contributed by atoms with Gasteiger partial charge in [0.25, 0.3) is 0 Å². The van der Waals surface area contributed by atoms with Gasteiger partial charge in [0, 0.05) is 12.6 Å². The standard InChI is InChI=1S/C13H13FNO3P/c1-8-6-9(14)2-3-11(8)12-7-10(16)4-5-15(12)13(17)18-19/h2-6,12H,7,19H2,1H3. The number of halogens is 1. The Hall–Kier alpha value is -1.74. The predicted octanol–water partition coefficient (Wildman–Crippen LogP) is 2.89. The number of carbonyl (C=O) groups is 2. The van der Waals surface area contributed by atoms with Gasteiger partial charge >= 0.3 is 6.09 Å². The lowest BCUT2D eigenvalue weighted by Gasteiger charge is -2.30. The molecule has 100 valence electrons. The Kier molecular flexibility index (Phi) is 3.96. The molecule has 6 heteroatoms. The van der Waals surface area contributed by atoms with Gasteiger partial charge < -0.3 is 4.52 Å². The third kappa shape index (κ3) is 2.82. The fourth-order valence-electron chi connectivity index (χ4n) is 2.15. The molecule has 2 unspecified atom stereocenters. The highest BCUT2D eigenvalue weighted by molar-refractivity contribution is 7.10. The van der Waals surface area contributed by atoms with Crippen LogP contribution in [0.25, 0.3) is 0 Å². The summed E-state index contributed by atoms with van der Waals surface area (Å²) >= 11 is 0. The summed E-state index contributed by atoms with van der Waals surface area (Å²) in [5.41, 5.74) is 1.42. The maximum atomic E-state index is 13.1. The number of hydrogen-bond donors (Lipinski definition) is 0. The Morgan fingerprint density at radius 2 is 2.26 bits per heavy atom. The molecule has 0 bridgehead atoms. The average Bonchev–Trinajstić information content (AvgIpc) is 2.38. The normalized spacial score (nSPS) is 18.6. The van der Waals surface area contributed by atoms with Crippen molar-refractivity contribution in [3.63, 3.8) is 0 Å². The first-order valence-corrected chi connectivity index (χ1v) is 6.16. The number of rotatable bonds is 1. The zero-order chi connectivity index (χ0) is 14.0. The van der Waals surface area contributed by atoms with Crippen molar-refractivity contribution in [3.8, 4) is 0 Å². The summed E-state index contributed by atoms with van der Waals surface area (Å²) in [6.45, 7) is 1.74. The van der Waals surface area contributed by atoms with Gasteiger partial charge in [-0.1, -0.05) is 6.07 Å². The van der Waals surface area contributed by atoms with Crippen LogP contribution in [0, 0.1) is 12.7 Å². The van der Waals surface area contributed by atoms with E-state index in [1.807, 2.05) is 9.47 Å². The van der Waals surface area contributed by atoms with Crippen LogP contribution >= 0.6 is 9.47 Å². The molecule has 4 nitrogen and oxygen atoms in total. The van der Waals surface area contributed by atoms with Crippen LogP contribution in [-0.2, 0) is 9.32 Å². The molecule has 1 aromatic carbocycles. The minimum Gasteiger partial charge on any atom is -0.435 e. The second-order valence-electron chi connectivity index (χ2n) is 4.29. The van der Waals surface area contributed by atoms with E-state index in [1.54, 1.807) is 13.0 Å². The number of allylic oxidation sites excluding steroid dienone is 1. The number of aryl methyl sites for hydroxylation is 1. The smallest absolute Gasteiger partial charge is 0.416 e. The largest absolute Gasteiger partial charge is 0.435 e. The molecular weight excluding hydrogens is 268 g/mol. The second-order valence-corrected chi connectivity index (χ2v) is 4.53. The molecule has 0 fully saturated rings. The van der Waals surface area contributed by atoms with Gasteiger partial charge in [-0.25, -0.2) is 9.18 Å². The molecule has 1 heterocycles. The van der Waals surface area contributed by atoms with Crippen LogP contribution in [0.2, 0.25) is 0 Å². The average molecular weight is 281 g/mol. The van der Waals surface area contributed by atoms with E-state index in [0.717, 1.165) is 5.56 Å². The molecular formula is C13H13FNO3P. The van der Waals surface area contributed by atoms with E-state index < -0.39 is 12.1 Å². The van der Waals surface area contributed by atoms with Crippen molar-refractivity contribution in [2.45, 2.75) is 19.4 Å². The molecule has 0 radical (unpaired) electrons. The number of amides is 1. The summed E-state index contributed by atoms with van der Waals surface area (Å²) in [4.78, 5) is 24.5. The lowest BCUT2D eigenvalue weighted by molar-refractivity contribution is -0.116. The monoisotopic (exact) mass is 281 g/mol. The van der Waals surface area contributed by atoms with E-state index in [2.05, 4.69) is 4.52 Å². The van der Waals surface area contributed by atoms with E-state index in [9.17, 15) is 14.0 Å². The van der Waals surface area contributed by atoms with Crippen LogP contribution in [0.15, 0.2) is 30.5 Å². The lowest BCUT2D eigenvalue weighted by Crippen LogP contribution is -2.33. The Morgan fingerprint density at radius 3 is 2.89 bits per heavy atom. The Labute approximate surface area is 112 Å². The van der Waals surface area contributed by atoms with Crippen molar-refractivity contribution in [1.82, 2.24) is 4.90 Å². The summed E-state index contributed by atoms with van der Waals surface area (Å²) in [6, 6.07) is 3.81. The molecule has 1 aliphatic heterocycles. The number of ketones is 1. The highest BCUT2D eigenvalue weighted by Gasteiger charge is 2.30. The van der Waals surface area contributed by atoms with Crippen LogP contribution in [-0.4, -0.2) is 16.8 Å². The predicted molar refractivity (Wildman–Crippen MR) is 70.7 cm³/mol. The molecule has 1 aromatic rings. The number of benzene rings is 1. The molecule has 1 aliphatic rings. The lowest BCUT2D eigenvalue weighted by atomic mass is 9.94. The van der Waals surface area contributed by atoms with Gasteiger partial charge in [0.15, 0.2) is 5.78 Å². The third-order valence-corrected chi connectivity index (χ3v) is 3.26. The van der Waals surface area contributed by atoms with Crippen molar-refractivity contribution in [2.24, 2.45) is 0 Å². The zero-order valence-electron chi connectivity index (χ0n) is 10.3. The molecule has 0 spiro atoms. The fourth-order valence-corrected chi connectivity index (χ4v) is 2.27. The van der Waals surface area contributed by atoms with Crippen LogP contribution in [0.4, 0.5) is 9.18 Å². The molecule has 0 saturated carbocycles. The van der Waals surface area contributed by atoms with Crippen molar-refractivity contribution in [1.29, 1.82) is 0 Å². The van der Waals surface area contributed by atoms with Crippen LogP contribution in [0.1, 0.15) is 23.6 Å². The van der Waals surface area contributed by atoms with Gasteiger partial charge in [0.1, 0.15) is 5.82 Å². The topological polar surface area (TPSA) is 46.6 Å². The van der Waals surface area contributed by atoms with E-state index in [0.29, 0.717) is 5.56 Å². The van der Waals surface area contributed by atoms with Crippen molar-refractivity contribution in [3.05, 3.63) is 47.4 Å². The second kappa shape index (κ2) is 5.49. The summed E-state index contributed by atoms with van der Waals surface area (Å²) < 4.78 is 17.7. The molecule has 0 N–H and O–H groups in total. The van der Waals surface area contributed by atoms with E-state index >= 15 is 0 Å². The van der Waals surface area contributed by atoms with Crippen LogP contribution < -0.4 is 0 Å². The maximum absolute atomic E-state index is 13.1. The van der Waals surface area contributed by atoms with E-state index in [-0.39, 0.29) is 18.0 Å². The van der Waals surface area contributed by atoms with Crippen molar-refractivity contribution < 1.29 is 18.5 Å². The summed E-state index contributed by atoms with van der Waals surface area (Å²) in [5, 5.41) is 0. The van der Waals surface area contributed by atoms with Gasteiger partial charge in [-0.15, -0.1) is 0 Å². The Morgan fingerprint density at radius 1 is 1.53 bits per heavy atom. The molecule has 2 rings (SSSR count). The molecule has 2 atom stereocenters. The molecule has 0 aromatic heterocycles. The van der Waals surface area contributed by atoms with Gasteiger partial charge in [-0.05, 0) is 36.3 Å². The minimum absolute atomic E-state index is 0.0819. The first-order chi connectivity index (χ1) is 9.02. The molecule has 19 heavy (non-hydrogen) atoms. The van der Waals surface area contributed by atoms with Crippen LogP contribution in [0.3, 0.4) is 0 Å². The molecule has 1 amide bonds. The first-order valence-electron chi connectivity index (χ1n) is 5.69. The van der Waals surface area contributed by atoms with E-state index in [4.69, 9.17) is 0 Å². The highest BCUT2D eigenvalue weighted by atomic mass is 31.0. The highest BCUT2D eigenvalue weighted by Crippen LogP contribution is 2.31. The first kappa shape index (κ1) is 13.7. The minimum atomic E-state index is -0.581. The Bertz CT molecular complexity index is 559. The summed E-state index contributed by atoms with van der Waals surface area (Å²) in [7, 11) is 1.88. The SMILES string of the molecule is Cc1cc(F)ccc1C1CC(=O)C=CN1C(=O)OP. The van der Waals surface area contributed by atoms with Gasteiger partial charge in [0.2, 0.25) is 0 Å². The summed E-state index contributed by atoms with van der Waals surface area (Å²) in [5.74, 6) is -0.430. The number of hydrogen-bond acceptors (Lipinski definition) is 3. The zero-order valence-corrected chi connectivity index (χ0v) is 11.5. The molecule has 0 aliphatic carbocycles. The van der Waals surface area contributed by atoms with Crippen molar-refractivity contribution >= 4 is 21.3 Å². The third-order valence-electron chi connectivity index (χ3n) is 3.05. The number of carbonyl (C=O) groups excluding carboxylic acids is 2. The maximum Gasteiger partial charge on any atom is 0.416 e. The fraction of sp³-hybridized carbons (Fsp3) is 0.231. The number of nitrogens with zero attached hydrogens (tertiary/aromatic N) is 1. The van der Waals surface area contributed by atoms with Gasteiger partial charge in [-0.2, -0.15) is 0 Å². The summed E-state index contributed by atoms with van der Waals surface area (Å²) in [6.07, 6.45) is 2.30. The quantitative estimate of drug-likeness (QED) is 0.744. The Balaban J connectivity index is 2.42.